The molecule has 0 bridgehead atoms. The van der Waals surface area contributed by atoms with Crippen LogP contribution in [0.1, 0.15) is 25.5 Å². The topological polar surface area (TPSA) is 33.1 Å². The van der Waals surface area contributed by atoms with Gasteiger partial charge in [-0.3, -0.25) is 4.68 Å². The van der Waals surface area contributed by atoms with E-state index in [1.165, 1.54) is 31.6 Å². The van der Waals surface area contributed by atoms with Gasteiger partial charge in [0.05, 0.1) is 0 Å². The van der Waals surface area contributed by atoms with Crippen molar-refractivity contribution in [2.45, 2.75) is 32.2 Å². The van der Waals surface area contributed by atoms with Crippen LogP contribution in [0.5, 0.6) is 0 Å². The minimum Gasteiger partial charge on any atom is -0.314 e. The molecule has 0 spiro atoms. The van der Waals surface area contributed by atoms with E-state index in [4.69, 9.17) is 0 Å². The second kappa shape index (κ2) is 6.34. The average molecular weight is 250 g/mol. The summed E-state index contributed by atoms with van der Waals surface area (Å²) >= 11 is 0. The van der Waals surface area contributed by atoms with Crippen LogP contribution in [0.25, 0.3) is 0 Å². The van der Waals surface area contributed by atoms with E-state index in [-0.39, 0.29) is 0 Å². The number of hydrogen-bond acceptors (Lipinski definition) is 3. The smallest absolute Gasteiger partial charge is 0.0492 e. The van der Waals surface area contributed by atoms with Crippen molar-refractivity contribution in [2.75, 3.05) is 26.7 Å². The van der Waals surface area contributed by atoms with Crippen LogP contribution in [0.15, 0.2) is 12.3 Å². The summed E-state index contributed by atoms with van der Waals surface area (Å²) in [5, 5.41) is 7.87. The largest absolute Gasteiger partial charge is 0.314 e. The maximum absolute atomic E-state index is 4.20. The van der Waals surface area contributed by atoms with Crippen LogP contribution in [0.4, 0.5) is 0 Å². The molecule has 2 heterocycles. The Hall–Kier alpha value is -0.870. The summed E-state index contributed by atoms with van der Waals surface area (Å²) < 4.78 is 1.96. The zero-order valence-electron chi connectivity index (χ0n) is 11.9. The van der Waals surface area contributed by atoms with Gasteiger partial charge in [0.2, 0.25) is 0 Å². The fraction of sp³-hybridized carbons (Fsp3) is 0.786. The molecular formula is C14H26N4. The molecule has 102 valence electrons. The molecule has 1 aliphatic heterocycles. The van der Waals surface area contributed by atoms with Gasteiger partial charge < -0.3 is 10.2 Å². The number of rotatable bonds is 5. The summed E-state index contributed by atoms with van der Waals surface area (Å²) in [6, 6.07) is 2.71. The Morgan fingerprint density at radius 2 is 2.33 bits per heavy atom. The molecule has 1 fully saturated rings. The molecule has 1 aromatic rings. The van der Waals surface area contributed by atoms with Gasteiger partial charge in [0.25, 0.3) is 0 Å². The molecule has 0 radical (unpaired) electrons. The summed E-state index contributed by atoms with van der Waals surface area (Å²) in [5.74, 6) is 0.801. The maximum atomic E-state index is 4.20. The van der Waals surface area contributed by atoms with E-state index in [1.807, 2.05) is 17.9 Å². The fourth-order valence-electron chi connectivity index (χ4n) is 2.86. The Labute approximate surface area is 110 Å². The third kappa shape index (κ3) is 3.56. The highest BCUT2D eigenvalue weighted by Gasteiger charge is 2.22. The lowest BCUT2D eigenvalue weighted by molar-refractivity contribution is 0.179. The van der Waals surface area contributed by atoms with Gasteiger partial charge in [-0.05, 0) is 45.3 Å². The quantitative estimate of drug-likeness (QED) is 0.854. The lowest BCUT2D eigenvalue weighted by Crippen LogP contribution is -2.43. The Balaban J connectivity index is 1.71. The number of nitrogens with one attached hydrogen (secondary N) is 1. The van der Waals surface area contributed by atoms with Crippen LogP contribution in [0, 0.1) is 5.92 Å². The molecule has 1 aromatic heterocycles. The molecule has 1 saturated heterocycles. The molecule has 2 unspecified atom stereocenters. The van der Waals surface area contributed by atoms with Crippen molar-refractivity contribution in [1.29, 1.82) is 0 Å². The van der Waals surface area contributed by atoms with Gasteiger partial charge in [-0.1, -0.05) is 0 Å². The van der Waals surface area contributed by atoms with Gasteiger partial charge in [-0.25, -0.2) is 0 Å². The van der Waals surface area contributed by atoms with Crippen LogP contribution in [0.2, 0.25) is 0 Å². The van der Waals surface area contributed by atoms with E-state index in [1.54, 1.807) is 0 Å². The molecule has 1 aliphatic rings. The van der Waals surface area contributed by atoms with E-state index in [0.29, 0.717) is 6.04 Å². The highest BCUT2D eigenvalue weighted by molar-refractivity contribution is 5.00. The van der Waals surface area contributed by atoms with E-state index in [0.717, 1.165) is 18.9 Å². The molecule has 4 heteroatoms. The predicted molar refractivity (Wildman–Crippen MR) is 74.6 cm³/mol. The van der Waals surface area contributed by atoms with Gasteiger partial charge in [-0.15, -0.1) is 0 Å². The first-order valence-electron chi connectivity index (χ1n) is 7.05. The van der Waals surface area contributed by atoms with Gasteiger partial charge in [0.1, 0.15) is 0 Å². The molecule has 1 N–H and O–H groups in total. The van der Waals surface area contributed by atoms with Crippen molar-refractivity contribution in [3.05, 3.63) is 18.0 Å². The van der Waals surface area contributed by atoms with Gasteiger partial charge >= 0.3 is 0 Å². The number of piperidine rings is 1. The van der Waals surface area contributed by atoms with Crippen LogP contribution < -0.4 is 5.32 Å². The summed E-state index contributed by atoms with van der Waals surface area (Å²) in [6.45, 7) is 5.87. The molecule has 0 amide bonds. The molecular weight excluding hydrogens is 224 g/mol. The third-order valence-corrected chi connectivity index (χ3v) is 4.14. The lowest BCUT2D eigenvalue weighted by atomic mass is 9.92. The van der Waals surface area contributed by atoms with Crippen molar-refractivity contribution < 1.29 is 0 Å². The van der Waals surface area contributed by atoms with Gasteiger partial charge in [-0.2, -0.15) is 5.10 Å². The SMILES string of the molecule is CC(NCCc1ccnn1C)C1CCCN(C)C1. The molecule has 0 saturated carbocycles. The third-order valence-electron chi connectivity index (χ3n) is 4.14. The Kier molecular flexibility index (Phi) is 4.78. The highest BCUT2D eigenvalue weighted by Crippen LogP contribution is 2.18. The van der Waals surface area contributed by atoms with Crippen molar-refractivity contribution in [1.82, 2.24) is 20.0 Å². The van der Waals surface area contributed by atoms with Crippen LogP contribution in [0.3, 0.4) is 0 Å². The number of aromatic nitrogens is 2. The molecule has 0 aliphatic carbocycles. The van der Waals surface area contributed by atoms with E-state index >= 15 is 0 Å². The average Bonchev–Trinajstić information content (AvgIpc) is 2.75. The van der Waals surface area contributed by atoms with E-state index in [2.05, 4.69) is 35.4 Å². The molecule has 0 aromatic carbocycles. The summed E-state index contributed by atoms with van der Waals surface area (Å²) in [7, 11) is 4.24. The lowest BCUT2D eigenvalue weighted by Gasteiger charge is -2.34. The Morgan fingerprint density at radius 1 is 1.50 bits per heavy atom. The van der Waals surface area contributed by atoms with E-state index in [9.17, 15) is 0 Å². The van der Waals surface area contributed by atoms with Crippen LogP contribution in [-0.2, 0) is 13.5 Å². The zero-order valence-corrected chi connectivity index (χ0v) is 11.9. The number of aryl methyl sites for hydroxylation is 1. The Morgan fingerprint density at radius 3 is 3.00 bits per heavy atom. The van der Waals surface area contributed by atoms with Crippen molar-refractivity contribution in [2.24, 2.45) is 13.0 Å². The second-order valence-corrected chi connectivity index (χ2v) is 5.60. The first-order valence-corrected chi connectivity index (χ1v) is 7.05. The monoisotopic (exact) mass is 250 g/mol. The van der Waals surface area contributed by atoms with E-state index < -0.39 is 0 Å². The standard InChI is InChI=1S/C14H26N4/c1-12(13-5-4-10-17(2)11-13)15-8-6-14-7-9-16-18(14)3/h7,9,12-13,15H,4-6,8,10-11H2,1-3H3. The van der Waals surface area contributed by atoms with Crippen molar-refractivity contribution in [3.63, 3.8) is 0 Å². The molecule has 2 rings (SSSR count). The molecule has 4 nitrogen and oxygen atoms in total. The van der Waals surface area contributed by atoms with Crippen LogP contribution in [-0.4, -0.2) is 47.4 Å². The second-order valence-electron chi connectivity index (χ2n) is 5.60. The first kappa shape index (κ1) is 13.6. The van der Waals surface area contributed by atoms with Gasteiger partial charge in [0, 0.05) is 44.5 Å². The normalized spacial score (nSPS) is 23.2. The predicted octanol–water partition coefficient (Wildman–Crippen LogP) is 1.28. The fourth-order valence-corrected chi connectivity index (χ4v) is 2.86. The number of hydrogen-bond donors (Lipinski definition) is 1. The Bertz CT molecular complexity index is 360. The number of nitrogens with zero attached hydrogens (tertiary/aromatic N) is 3. The maximum Gasteiger partial charge on any atom is 0.0492 e. The first-order chi connectivity index (χ1) is 8.66. The molecule has 2 atom stereocenters. The summed E-state index contributed by atoms with van der Waals surface area (Å²) in [5.41, 5.74) is 1.30. The summed E-state index contributed by atoms with van der Waals surface area (Å²) in [4.78, 5) is 2.45. The van der Waals surface area contributed by atoms with Crippen molar-refractivity contribution >= 4 is 0 Å². The molecule has 18 heavy (non-hydrogen) atoms. The minimum absolute atomic E-state index is 0.612. The van der Waals surface area contributed by atoms with Crippen molar-refractivity contribution in [3.8, 4) is 0 Å². The summed E-state index contributed by atoms with van der Waals surface area (Å²) in [6.07, 6.45) is 5.64. The zero-order chi connectivity index (χ0) is 13.0. The van der Waals surface area contributed by atoms with Gasteiger partial charge in [0.15, 0.2) is 0 Å². The minimum atomic E-state index is 0.612. The number of likely N-dealkylation sites (tertiary alicyclic amines) is 1. The highest BCUT2D eigenvalue weighted by atomic mass is 15.3. The van der Waals surface area contributed by atoms with Crippen LogP contribution >= 0.6 is 0 Å².